The van der Waals surface area contributed by atoms with Crippen molar-refractivity contribution in [2.24, 2.45) is 10.8 Å². The van der Waals surface area contributed by atoms with Crippen molar-refractivity contribution in [2.45, 2.75) is 71.1 Å². The zero-order chi connectivity index (χ0) is 28.5. The molecule has 1 heterocycles. The molecule has 2 aromatic carbocycles. The summed E-state index contributed by atoms with van der Waals surface area (Å²) in [6.45, 7) is 10.1. The van der Waals surface area contributed by atoms with E-state index in [2.05, 4.69) is 27.7 Å². The molecule has 0 amide bonds. The van der Waals surface area contributed by atoms with Crippen molar-refractivity contribution in [3.63, 3.8) is 0 Å². The largest absolute Gasteiger partial charge is 0.379 e. The van der Waals surface area contributed by atoms with Crippen molar-refractivity contribution >= 4 is 33.3 Å². The molecule has 0 fully saturated rings. The van der Waals surface area contributed by atoms with Gasteiger partial charge in [-0.05, 0) is 60.9 Å². The fourth-order valence-corrected chi connectivity index (χ4v) is 7.30. The molecule has 2 aliphatic carbocycles. The summed E-state index contributed by atoms with van der Waals surface area (Å²) in [4.78, 5) is 29.7. The molecule has 0 bridgehead atoms. The first-order valence-electron chi connectivity index (χ1n) is 13.2. The highest BCUT2D eigenvalue weighted by Crippen LogP contribution is 2.55. The normalized spacial score (nSPS) is 21.2. The summed E-state index contributed by atoms with van der Waals surface area (Å²) in [5, 5.41) is 0.362. The zero-order valence-electron chi connectivity index (χ0n) is 23.2. The van der Waals surface area contributed by atoms with Crippen molar-refractivity contribution in [2.75, 3.05) is 7.05 Å². The summed E-state index contributed by atoms with van der Waals surface area (Å²) in [7, 11) is -2.26. The molecular weight excluding hydrogens is 534 g/mol. The minimum atomic E-state index is -4.19. The van der Waals surface area contributed by atoms with Gasteiger partial charge in [-0.25, -0.2) is 0 Å². The number of aryl methyl sites for hydroxylation is 1. The van der Waals surface area contributed by atoms with Gasteiger partial charge in [0.2, 0.25) is 0 Å². The van der Waals surface area contributed by atoms with Crippen LogP contribution in [-0.4, -0.2) is 31.9 Å². The van der Waals surface area contributed by atoms with Gasteiger partial charge in [0.25, 0.3) is 0 Å². The Morgan fingerprint density at radius 3 is 1.87 bits per heavy atom. The first kappa shape index (κ1) is 27.7. The van der Waals surface area contributed by atoms with Gasteiger partial charge in [0.05, 0.1) is 0 Å². The predicted molar refractivity (Wildman–Crippen MR) is 151 cm³/mol. The summed E-state index contributed by atoms with van der Waals surface area (Å²) in [6, 6.07) is 11.1. The highest BCUT2D eigenvalue weighted by molar-refractivity contribution is 7.87. The van der Waals surface area contributed by atoms with E-state index in [4.69, 9.17) is 15.8 Å². The lowest BCUT2D eigenvalue weighted by molar-refractivity contribution is -0.119. The summed E-state index contributed by atoms with van der Waals surface area (Å²) in [5.74, 6) is -0.798. The standard InChI is InChI=1S/C31H34ClNO5S/c1-18-7-10-20(11-8-18)39(36,37)38-26-12-9-19(32)13-21(26)27-28-22(14-30(2,3)16-24(28)34)33(6)23-15-31(4,5)17-25(35)29(23)27/h7-13,27H,14-17H2,1-6H3. The lowest BCUT2D eigenvalue weighted by atomic mass is 9.63. The number of Topliss-reactive ketones (excluding diaryl/α,β-unsaturated/α-hetero) is 2. The summed E-state index contributed by atoms with van der Waals surface area (Å²) in [6.07, 6.45) is 1.98. The van der Waals surface area contributed by atoms with E-state index in [0.717, 1.165) is 17.0 Å². The maximum atomic E-state index is 13.8. The molecule has 39 heavy (non-hydrogen) atoms. The third-order valence-corrected chi connectivity index (χ3v) is 9.46. The number of halogens is 1. The average Bonchev–Trinajstić information content (AvgIpc) is 2.80. The van der Waals surface area contributed by atoms with E-state index in [1.165, 1.54) is 18.2 Å². The van der Waals surface area contributed by atoms with Crippen LogP contribution in [0.5, 0.6) is 5.75 Å². The fourth-order valence-electron chi connectivity index (χ4n) is 6.17. The Hall–Kier alpha value is -2.90. The first-order chi connectivity index (χ1) is 18.1. The van der Waals surface area contributed by atoms with Gasteiger partial charge < -0.3 is 9.08 Å². The second-order valence-corrected chi connectivity index (χ2v) is 14.6. The molecule has 0 spiro atoms. The van der Waals surface area contributed by atoms with E-state index in [1.54, 1.807) is 24.3 Å². The lowest BCUT2D eigenvalue weighted by Crippen LogP contribution is -2.43. The second kappa shape index (κ2) is 9.34. The van der Waals surface area contributed by atoms with Crippen LogP contribution in [0.2, 0.25) is 5.02 Å². The minimum absolute atomic E-state index is 0.0168. The number of rotatable bonds is 4. The van der Waals surface area contributed by atoms with Gasteiger partial charge in [0, 0.05) is 58.9 Å². The molecule has 0 aromatic heterocycles. The topological polar surface area (TPSA) is 80.8 Å². The lowest BCUT2D eigenvalue weighted by Gasteiger charge is -2.48. The number of carbonyl (C=O) groups is 2. The molecule has 0 unspecified atom stereocenters. The molecule has 0 saturated heterocycles. The smallest absolute Gasteiger partial charge is 0.339 e. The Balaban J connectivity index is 1.73. The van der Waals surface area contributed by atoms with Crippen molar-refractivity contribution < 1.29 is 22.2 Å². The van der Waals surface area contributed by atoms with Gasteiger partial charge in [-0.15, -0.1) is 0 Å². The van der Waals surface area contributed by atoms with E-state index in [-0.39, 0.29) is 33.0 Å². The quantitative estimate of drug-likeness (QED) is 0.381. The maximum Gasteiger partial charge on any atom is 0.339 e. The van der Waals surface area contributed by atoms with Gasteiger partial charge >= 0.3 is 10.1 Å². The van der Waals surface area contributed by atoms with Gasteiger partial charge in [-0.2, -0.15) is 8.42 Å². The Morgan fingerprint density at radius 2 is 1.36 bits per heavy atom. The Kier molecular flexibility index (Phi) is 6.62. The highest BCUT2D eigenvalue weighted by Gasteiger charge is 2.49. The molecule has 2 aromatic rings. The van der Waals surface area contributed by atoms with Crippen LogP contribution in [0.25, 0.3) is 0 Å². The van der Waals surface area contributed by atoms with E-state index < -0.39 is 16.0 Å². The second-order valence-electron chi connectivity index (χ2n) is 12.6. The molecule has 0 saturated carbocycles. The van der Waals surface area contributed by atoms with Gasteiger partial charge in [0.1, 0.15) is 10.6 Å². The Morgan fingerprint density at radius 1 is 0.846 bits per heavy atom. The number of allylic oxidation sites excluding steroid dienone is 4. The van der Waals surface area contributed by atoms with Crippen molar-refractivity contribution in [1.82, 2.24) is 4.90 Å². The zero-order valence-corrected chi connectivity index (χ0v) is 24.8. The molecule has 206 valence electrons. The van der Waals surface area contributed by atoms with Crippen LogP contribution in [0.3, 0.4) is 0 Å². The molecule has 0 N–H and O–H groups in total. The van der Waals surface area contributed by atoms with Crippen LogP contribution < -0.4 is 4.18 Å². The van der Waals surface area contributed by atoms with Gasteiger partial charge in [0.15, 0.2) is 11.6 Å². The molecule has 0 radical (unpaired) electrons. The minimum Gasteiger partial charge on any atom is -0.379 e. The highest BCUT2D eigenvalue weighted by atomic mass is 35.5. The van der Waals surface area contributed by atoms with Crippen molar-refractivity contribution in [3.05, 3.63) is 81.2 Å². The fraction of sp³-hybridized carbons (Fsp3) is 0.419. The van der Waals surface area contributed by atoms with E-state index in [0.29, 0.717) is 47.4 Å². The third-order valence-electron chi connectivity index (χ3n) is 7.97. The number of hydrogen-bond donors (Lipinski definition) is 0. The van der Waals surface area contributed by atoms with Crippen molar-refractivity contribution in [3.8, 4) is 5.75 Å². The summed E-state index contributed by atoms with van der Waals surface area (Å²) in [5.41, 5.74) is 3.64. The molecule has 5 rings (SSSR count). The van der Waals surface area contributed by atoms with Crippen molar-refractivity contribution in [1.29, 1.82) is 0 Å². The average molecular weight is 568 g/mol. The molecule has 3 aliphatic rings. The third kappa shape index (κ3) is 5.07. The number of nitrogens with zero attached hydrogens (tertiary/aromatic N) is 1. The van der Waals surface area contributed by atoms with Crippen LogP contribution >= 0.6 is 11.6 Å². The van der Waals surface area contributed by atoms with Crippen LogP contribution in [0.15, 0.2) is 69.9 Å². The van der Waals surface area contributed by atoms with Gasteiger partial charge in [-0.1, -0.05) is 57.0 Å². The number of hydrogen-bond acceptors (Lipinski definition) is 6. The number of carbonyl (C=O) groups excluding carboxylic acids is 2. The molecule has 8 heteroatoms. The number of benzene rings is 2. The molecule has 6 nitrogen and oxygen atoms in total. The monoisotopic (exact) mass is 567 g/mol. The first-order valence-corrected chi connectivity index (χ1v) is 14.9. The Bertz CT molecular complexity index is 1510. The summed E-state index contributed by atoms with van der Waals surface area (Å²) < 4.78 is 32.4. The maximum absolute atomic E-state index is 13.8. The SMILES string of the molecule is Cc1ccc(S(=O)(=O)Oc2ccc(Cl)cc2C2C3=C(CC(C)(C)CC3=O)N(C)C3=C2C(=O)CC(C)(C)C3)cc1. The van der Waals surface area contributed by atoms with Crippen LogP contribution in [-0.2, 0) is 19.7 Å². The van der Waals surface area contributed by atoms with Gasteiger partial charge in [-0.3, -0.25) is 9.59 Å². The molecule has 0 atom stereocenters. The van der Waals surface area contributed by atoms with E-state index >= 15 is 0 Å². The molecular formula is C31H34ClNO5S. The molecule has 1 aliphatic heterocycles. The van der Waals surface area contributed by atoms with Crippen LogP contribution in [0, 0.1) is 17.8 Å². The van der Waals surface area contributed by atoms with E-state index in [9.17, 15) is 18.0 Å². The Labute approximate surface area is 235 Å². The summed E-state index contributed by atoms with van der Waals surface area (Å²) >= 11 is 6.47. The predicted octanol–water partition coefficient (Wildman–Crippen LogP) is 6.73. The van der Waals surface area contributed by atoms with Crippen LogP contribution in [0.1, 0.15) is 70.4 Å². The number of ketones is 2. The van der Waals surface area contributed by atoms with Crippen LogP contribution in [0.4, 0.5) is 0 Å². The van der Waals surface area contributed by atoms with E-state index in [1.807, 2.05) is 18.9 Å².